The molecule has 35 heavy (non-hydrogen) atoms. The minimum Gasteiger partial charge on any atom is -0.461 e. The van der Waals surface area contributed by atoms with Crippen molar-refractivity contribution in [1.29, 1.82) is 0 Å². The third-order valence-corrected chi connectivity index (χ3v) is 7.76. The number of ether oxygens (including phenoxy) is 1. The van der Waals surface area contributed by atoms with Crippen molar-refractivity contribution in [3.05, 3.63) is 40.3 Å². The molecule has 0 bridgehead atoms. The minimum absolute atomic E-state index is 0.0714. The first kappa shape index (κ1) is 27.4. The number of fused-ring (bicyclic) bond motifs is 1. The normalized spacial score (nSPS) is 19.3. The molecule has 0 spiro atoms. The number of piperidine rings is 1. The third-order valence-electron chi connectivity index (χ3n) is 7.76. The average molecular weight is 484 g/mol. The number of rotatable bonds is 6. The van der Waals surface area contributed by atoms with Crippen LogP contribution in [0.3, 0.4) is 0 Å². The molecule has 1 aromatic heterocycles. The Morgan fingerprint density at radius 1 is 1.03 bits per heavy atom. The van der Waals surface area contributed by atoms with Crippen LogP contribution in [0.15, 0.2) is 29.1 Å². The molecule has 2 fully saturated rings. The minimum atomic E-state index is -0.629. The lowest BCUT2D eigenvalue weighted by Gasteiger charge is -2.49. The van der Waals surface area contributed by atoms with Gasteiger partial charge in [-0.3, -0.25) is 9.69 Å². The molecule has 0 unspecified atom stereocenters. The Labute approximate surface area is 211 Å². The number of para-hydroxylation sites is 2. The van der Waals surface area contributed by atoms with Crippen molar-refractivity contribution in [3.63, 3.8) is 0 Å². The molecule has 1 aliphatic heterocycles. The maximum absolute atomic E-state index is 13.4. The monoisotopic (exact) mass is 483 g/mol. The van der Waals surface area contributed by atoms with Gasteiger partial charge in [0.05, 0.1) is 17.6 Å². The second kappa shape index (κ2) is 13.2. The van der Waals surface area contributed by atoms with Gasteiger partial charge in [-0.1, -0.05) is 71.4 Å². The molecule has 194 valence electrons. The van der Waals surface area contributed by atoms with E-state index >= 15 is 0 Å². The number of carbonyl (C=O) groups is 1. The van der Waals surface area contributed by atoms with Gasteiger partial charge >= 0.3 is 5.97 Å². The van der Waals surface area contributed by atoms with Crippen LogP contribution in [0.5, 0.6) is 0 Å². The summed E-state index contributed by atoms with van der Waals surface area (Å²) in [6.45, 7) is 10.3. The maximum atomic E-state index is 13.4. The smallest absolute Gasteiger partial charge is 0.362 e. The van der Waals surface area contributed by atoms with Crippen LogP contribution in [0, 0.1) is 0 Å². The zero-order chi connectivity index (χ0) is 25.3. The van der Waals surface area contributed by atoms with Crippen LogP contribution < -0.4 is 5.56 Å². The van der Waals surface area contributed by atoms with Crippen molar-refractivity contribution in [1.82, 2.24) is 14.5 Å². The zero-order valence-electron chi connectivity index (χ0n) is 22.4. The Hall–Kier alpha value is -2.21. The Morgan fingerprint density at radius 2 is 1.66 bits per heavy atom. The Kier molecular flexibility index (Phi) is 10.3. The Bertz CT molecular complexity index is 1000. The van der Waals surface area contributed by atoms with Crippen molar-refractivity contribution in [2.75, 3.05) is 19.7 Å². The fourth-order valence-electron chi connectivity index (χ4n) is 6.20. The lowest BCUT2D eigenvalue weighted by Crippen LogP contribution is -2.53. The van der Waals surface area contributed by atoms with Gasteiger partial charge in [-0.25, -0.2) is 9.78 Å². The molecule has 2 heterocycles. The van der Waals surface area contributed by atoms with Crippen LogP contribution >= 0.6 is 0 Å². The first-order valence-corrected chi connectivity index (χ1v) is 14.0. The summed E-state index contributed by atoms with van der Waals surface area (Å²) in [6, 6.07) is 7.71. The molecular formula is C29H45N3O3. The first-order chi connectivity index (χ1) is 17.1. The number of aromatic nitrogens is 2. The summed E-state index contributed by atoms with van der Waals surface area (Å²) in [4.78, 5) is 33.0. The molecule has 0 amide bonds. The average Bonchev–Trinajstić information content (AvgIpc) is 2.87. The third kappa shape index (κ3) is 6.14. The molecule has 6 heteroatoms. The van der Waals surface area contributed by atoms with Gasteiger partial charge in [0.25, 0.3) is 5.56 Å². The Morgan fingerprint density at radius 3 is 2.29 bits per heavy atom. The molecular weight excluding hydrogens is 438 g/mol. The van der Waals surface area contributed by atoms with Crippen LogP contribution in [0.1, 0.15) is 115 Å². The highest BCUT2D eigenvalue weighted by Crippen LogP contribution is 2.39. The van der Waals surface area contributed by atoms with Gasteiger partial charge in [-0.15, -0.1) is 0 Å². The molecule has 1 aliphatic carbocycles. The molecule has 2 aliphatic rings. The lowest BCUT2D eigenvalue weighted by molar-refractivity contribution is 0.0229. The molecule has 0 N–H and O–H groups in total. The van der Waals surface area contributed by atoms with E-state index in [4.69, 9.17) is 4.74 Å². The van der Waals surface area contributed by atoms with Crippen LogP contribution in [0.2, 0.25) is 0 Å². The van der Waals surface area contributed by atoms with Gasteiger partial charge in [0.2, 0.25) is 5.69 Å². The van der Waals surface area contributed by atoms with Crippen molar-refractivity contribution < 1.29 is 9.53 Å². The quantitative estimate of drug-likeness (QED) is 0.438. The summed E-state index contributed by atoms with van der Waals surface area (Å²) < 4.78 is 6.97. The van der Waals surface area contributed by atoms with E-state index in [9.17, 15) is 9.59 Å². The second-order valence-corrected chi connectivity index (χ2v) is 9.81. The molecule has 0 atom stereocenters. The van der Waals surface area contributed by atoms with Gasteiger partial charge in [0, 0.05) is 24.7 Å². The topological polar surface area (TPSA) is 64.4 Å². The first-order valence-electron chi connectivity index (χ1n) is 14.0. The number of carbonyl (C=O) groups excluding carboxylic acids is 1. The van der Waals surface area contributed by atoms with Gasteiger partial charge in [-0.05, 0) is 51.2 Å². The number of nitrogens with zero attached hydrogens (tertiary/aromatic N) is 3. The number of likely N-dealkylation sites (tertiary alicyclic amines) is 1. The molecule has 1 saturated heterocycles. The van der Waals surface area contributed by atoms with Crippen LogP contribution in [0.25, 0.3) is 11.0 Å². The zero-order valence-corrected chi connectivity index (χ0v) is 22.4. The fraction of sp³-hybridized carbons (Fsp3) is 0.690. The summed E-state index contributed by atoms with van der Waals surface area (Å²) in [6.07, 6.45) is 13.7. The van der Waals surface area contributed by atoms with Gasteiger partial charge in [0.1, 0.15) is 0 Å². The van der Waals surface area contributed by atoms with E-state index in [1.54, 1.807) is 6.92 Å². The van der Waals surface area contributed by atoms with Gasteiger partial charge in [0.15, 0.2) is 0 Å². The highest BCUT2D eigenvalue weighted by molar-refractivity contribution is 5.89. The summed E-state index contributed by atoms with van der Waals surface area (Å²) in [7, 11) is 0. The summed E-state index contributed by atoms with van der Waals surface area (Å²) in [5, 5.41) is 0. The standard InChI is InChI=1S/C27H39N3O3.C2H6/c1-3-16-27(17-10-6-5-7-11-18-27)29-19-14-21(15-20-29)30-23-13-9-8-12-22(23)28-24(25(30)31)26(32)33-4-2;1-2/h8-9,12-13,21H,3-7,10-11,14-20H2,1-2H3;1-2H3. The van der Waals surface area contributed by atoms with Gasteiger partial charge in [-0.2, -0.15) is 0 Å². The second-order valence-electron chi connectivity index (χ2n) is 9.81. The van der Waals surface area contributed by atoms with Crippen LogP contribution in [0.4, 0.5) is 0 Å². The predicted molar refractivity (Wildman–Crippen MR) is 143 cm³/mol. The summed E-state index contributed by atoms with van der Waals surface area (Å²) in [5.74, 6) is -0.629. The van der Waals surface area contributed by atoms with Crippen molar-refractivity contribution >= 4 is 17.0 Å². The number of esters is 1. The maximum Gasteiger partial charge on any atom is 0.362 e. The van der Waals surface area contributed by atoms with Crippen LogP contribution in [-0.2, 0) is 4.74 Å². The van der Waals surface area contributed by atoms with E-state index < -0.39 is 5.97 Å². The number of hydrogen-bond acceptors (Lipinski definition) is 5. The molecule has 1 aromatic carbocycles. The molecule has 0 radical (unpaired) electrons. The molecule has 2 aromatic rings. The summed E-state index contributed by atoms with van der Waals surface area (Å²) in [5.41, 5.74) is 1.38. The van der Waals surface area contributed by atoms with Crippen molar-refractivity contribution in [2.24, 2.45) is 0 Å². The lowest BCUT2D eigenvalue weighted by atomic mass is 9.78. The van der Waals surface area contributed by atoms with Gasteiger partial charge < -0.3 is 9.30 Å². The highest BCUT2D eigenvalue weighted by Gasteiger charge is 2.38. The Balaban J connectivity index is 0.00000167. The predicted octanol–water partition coefficient (Wildman–Crippen LogP) is 6.52. The van der Waals surface area contributed by atoms with Crippen molar-refractivity contribution in [2.45, 2.75) is 110 Å². The largest absolute Gasteiger partial charge is 0.461 e. The van der Waals surface area contributed by atoms with Crippen LogP contribution in [-0.4, -0.2) is 45.7 Å². The fourth-order valence-corrected chi connectivity index (χ4v) is 6.20. The van der Waals surface area contributed by atoms with E-state index in [1.807, 2.05) is 42.7 Å². The molecule has 6 nitrogen and oxygen atoms in total. The summed E-state index contributed by atoms with van der Waals surface area (Å²) >= 11 is 0. The van der Waals surface area contributed by atoms with E-state index in [1.165, 1.54) is 57.8 Å². The van der Waals surface area contributed by atoms with E-state index in [-0.39, 0.29) is 23.9 Å². The highest BCUT2D eigenvalue weighted by atomic mass is 16.5. The number of hydrogen-bond donors (Lipinski definition) is 0. The van der Waals surface area contributed by atoms with E-state index in [0.29, 0.717) is 11.1 Å². The van der Waals surface area contributed by atoms with E-state index in [2.05, 4.69) is 16.8 Å². The van der Waals surface area contributed by atoms with Crippen molar-refractivity contribution in [3.8, 4) is 0 Å². The molecule has 1 saturated carbocycles. The number of benzene rings is 1. The molecule has 4 rings (SSSR count). The van der Waals surface area contributed by atoms with E-state index in [0.717, 1.165) is 31.4 Å². The SMILES string of the molecule is CC.CCCC1(N2CCC(n3c(=O)c(C(=O)OCC)nc4ccccc43)CC2)CCCCCCC1.